The maximum atomic E-state index is 15.0. The van der Waals surface area contributed by atoms with Crippen LogP contribution < -0.4 is 15.6 Å². The number of aromatic nitrogens is 2. The van der Waals surface area contributed by atoms with Crippen molar-refractivity contribution in [2.75, 3.05) is 10.1 Å². The molecule has 2 aromatic carbocycles. The van der Waals surface area contributed by atoms with Gasteiger partial charge in [0.2, 0.25) is 15.9 Å². The highest BCUT2D eigenvalue weighted by Crippen LogP contribution is 2.30. The standard InChI is InChI=1S/C24H20F4N4O5S/c1-4-38(36,37)32(22(34)9-15-7-5-14(2)6-8-15)18-11-19(17(25)10-16(18)13-29)31-21(33)12-20(24(26,27)28)30(3)23(31)35/h5-8,10-12H,4,9H2,1-3H3. The van der Waals surface area contributed by atoms with Crippen molar-refractivity contribution in [1.29, 1.82) is 5.26 Å². The lowest BCUT2D eigenvalue weighted by Gasteiger charge is -2.24. The fourth-order valence-electron chi connectivity index (χ4n) is 3.62. The number of carbonyl (C=O) groups is 1. The van der Waals surface area contributed by atoms with Crippen molar-refractivity contribution in [2.24, 2.45) is 7.05 Å². The van der Waals surface area contributed by atoms with E-state index >= 15 is 4.39 Å². The number of sulfonamides is 1. The molecule has 0 aliphatic rings. The van der Waals surface area contributed by atoms with E-state index < -0.39 is 74.0 Å². The maximum absolute atomic E-state index is 15.0. The minimum absolute atomic E-state index is 0.0520. The van der Waals surface area contributed by atoms with Crippen molar-refractivity contribution < 1.29 is 30.8 Å². The number of aryl methyl sites for hydroxylation is 1. The summed E-state index contributed by atoms with van der Waals surface area (Å²) in [7, 11) is -3.74. The van der Waals surface area contributed by atoms with Crippen molar-refractivity contribution in [2.45, 2.75) is 26.4 Å². The molecule has 0 atom stereocenters. The third kappa shape index (κ3) is 5.37. The molecule has 1 aromatic heterocycles. The lowest BCUT2D eigenvalue weighted by Crippen LogP contribution is -2.42. The van der Waals surface area contributed by atoms with Crippen LogP contribution >= 0.6 is 0 Å². The Morgan fingerprint density at radius 1 is 1.11 bits per heavy atom. The van der Waals surface area contributed by atoms with Crippen LogP contribution in [0.5, 0.6) is 0 Å². The molecule has 1 amide bonds. The van der Waals surface area contributed by atoms with Crippen molar-refractivity contribution in [3.63, 3.8) is 0 Å². The van der Waals surface area contributed by atoms with Crippen molar-refractivity contribution in [3.05, 3.63) is 91.5 Å². The fourth-order valence-corrected chi connectivity index (χ4v) is 4.70. The van der Waals surface area contributed by atoms with Crippen LogP contribution in [-0.4, -0.2) is 29.2 Å². The lowest BCUT2D eigenvalue weighted by atomic mass is 10.1. The van der Waals surface area contributed by atoms with Crippen LogP contribution in [0.15, 0.2) is 52.1 Å². The lowest BCUT2D eigenvalue weighted by molar-refractivity contribution is -0.144. The second kappa shape index (κ2) is 10.3. The highest BCUT2D eigenvalue weighted by atomic mass is 32.2. The summed E-state index contributed by atoms with van der Waals surface area (Å²) in [4.78, 5) is 38.5. The second-order valence-corrected chi connectivity index (χ2v) is 10.3. The van der Waals surface area contributed by atoms with E-state index in [9.17, 15) is 41.2 Å². The Hall–Kier alpha value is -4.25. The third-order valence-corrected chi connectivity index (χ3v) is 7.29. The van der Waals surface area contributed by atoms with Crippen LogP contribution in [0, 0.1) is 24.1 Å². The van der Waals surface area contributed by atoms with E-state index in [1.807, 2.05) is 0 Å². The number of halogens is 4. The number of amides is 1. The summed E-state index contributed by atoms with van der Waals surface area (Å²) in [5.74, 6) is -3.03. The highest BCUT2D eigenvalue weighted by molar-refractivity contribution is 7.93. The van der Waals surface area contributed by atoms with E-state index in [4.69, 9.17) is 0 Å². The molecule has 0 radical (unpaired) electrons. The summed E-state index contributed by atoms with van der Waals surface area (Å²) >= 11 is 0. The zero-order chi connectivity index (χ0) is 28.6. The monoisotopic (exact) mass is 552 g/mol. The number of alkyl halides is 3. The third-order valence-electron chi connectivity index (χ3n) is 5.60. The molecule has 1 heterocycles. The van der Waals surface area contributed by atoms with Crippen molar-refractivity contribution >= 4 is 21.6 Å². The summed E-state index contributed by atoms with van der Waals surface area (Å²) in [6.45, 7) is 3.01. The van der Waals surface area contributed by atoms with Crippen LogP contribution in [0.4, 0.5) is 23.2 Å². The van der Waals surface area contributed by atoms with Gasteiger partial charge in [-0.05, 0) is 31.5 Å². The van der Waals surface area contributed by atoms with Gasteiger partial charge in [-0.1, -0.05) is 29.8 Å². The van der Waals surface area contributed by atoms with E-state index in [0.717, 1.165) is 5.56 Å². The summed E-state index contributed by atoms with van der Waals surface area (Å²) in [6.07, 6.45) is -5.52. The van der Waals surface area contributed by atoms with E-state index in [2.05, 4.69) is 0 Å². The topological polar surface area (TPSA) is 122 Å². The number of carbonyl (C=O) groups excluding carboxylic acids is 1. The Morgan fingerprint density at radius 3 is 2.24 bits per heavy atom. The second-order valence-electron chi connectivity index (χ2n) is 8.20. The van der Waals surface area contributed by atoms with Gasteiger partial charge in [0.1, 0.15) is 17.6 Å². The molecule has 0 bridgehead atoms. The highest BCUT2D eigenvalue weighted by Gasteiger charge is 2.36. The van der Waals surface area contributed by atoms with Gasteiger partial charge in [-0.3, -0.25) is 14.2 Å². The van der Waals surface area contributed by atoms with Gasteiger partial charge in [-0.15, -0.1) is 0 Å². The van der Waals surface area contributed by atoms with Gasteiger partial charge in [-0.25, -0.2) is 26.5 Å². The molecule has 200 valence electrons. The van der Waals surface area contributed by atoms with Gasteiger partial charge in [0.05, 0.1) is 29.1 Å². The quantitative estimate of drug-likeness (QED) is 0.434. The number of hydrogen-bond acceptors (Lipinski definition) is 6. The number of anilines is 1. The average molecular weight is 553 g/mol. The van der Waals surface area contributed by atoms with Crippen molar-refractivity contribution in [3.8, 4) is 11.8 Å². The largest absolute Gasteiger partial charge is 0.431 e. The Kier molecular flexibility index (Phi) is 7.64. The van der Waals surface area contributed by atoms with Gasteiger partial charge >= 0.3 is 11.9 Å². The maximum Gasteiger partial charge on any atom is 0.431 e. The molecule has 0 saturated carbocycles. The molecule has 0 unspecified atom stereocenters. The number of benzene rings is 2. The first-order chi connectivity index (χ1) is 17.6. The SMILES string of the molecule is CCS(=O)(=O)N(C(=O)Cc1ccc(C)cc1)c1cc(-n2c(=O)cc(C(F)(F)F)n(C)c2=O)c(F)cc1C#N. The smallest absolute Gasteiger partial charge is 0.292 e. The number of nitrogens with zero attached hydrogens (tertiary/aromatic N) is 4. The molecule has 0 saturated heterocycles. The van der Waals surface area contributed by atoms with Gasteiger partial charge < -0.3 is 0 Å². The predicted octanol–water partition coefficient (Wildman–Crippen LogP) is 2.80. The van der Waals surface area contributed by atoms with Crippen LogP contribution in [0.2, 0.25) is 0 Å². The Morgan fingerprint density at radius 2 is 1.71 bits per heavy atom. The van der Waals surface area contributed by atoms with E-state index in [1.165, 1.54) is 6.92 Å². The van der Waals surface area contributed by atoms with Crippen LogP contribution in [0.25, 0.3) is 5.69 Å². The molecule has 3 aromatic rings. The first kappa shape index (κ1) is 28.3. The Bertz CT molecular complexity index is 1690. The first-order valence-corrected chi connectivity index (χ1v) is 12.5. The van der Waals surface area contributed by atoms with Crippen LogP contribution in [0.1, 0.15) is 29.3 Å². The first-order valence-electron chi connectivity index (χ1n) is 10.9. The molecule has 9 nitrogen and oxygen atoms in total. The molecule has 0 N–H and O–H groups in total. The van der Waals surface area contributed by atoms with Gasteiger partial charge in [0, 0.05) is 13.1 Å². The molecular weight excluding hydrogens is 532 g/mol. The van der Waals surface area contributed by atoms with Crippen LogP contribution in [0.3, 0.4) is 0 Å². The Labute approximate surface area is 213 Å². The molecule has 0 spiro atoms. The minimum atomic E-state index is -5.07. The van der Waals surface area contributed by atoms with E-state index in [-0.39, 0.29) is 19.5 Å². The zero-order valence-electron chi connectivity index (χ0n) is 20.2. The van der Waals surface area contributed by atoms with Gasteiger partial charge in [0.25, 0.3) is 5.56 Å². The fraction of sp³-hybridized carbons (Fsp3) is 0.250. The summed E-state index contributed by atoms with van der Waals surface area (Å²) in [6, 6.07) is 9.26. The number of rotatable bonds is 6. The van der Waals surface area contributed by atoms with Crippen molar-refractivity contribution in [1.82, 2.24) is 9.13 Å². The summed E-state index contributed by atoms with van der Waals surface area (Å²) in [5, 5.41) is 9.56. The summed E-state index contributed by atoms with van der Waals surface area (Å²) < 4.78 is 81.0. The molecule has 3 rings (SSSR count). The molecule has 0 aliphatic heterocycles. The van der Waals surface area contributed by atoms with E-state index in [0.29, 0.717) is 24.7 Å². The number of nitriles is 1. The van der Waals surface area contributed by atoms with Gasteiger partial charge in [0.15, 0.2) is 0 Å². The van der Waals surface area contributed by atoms with Crippen LogP contribution in [-0.2, 0) is 34.5 Å². The predicted molar refractivity (Wildman–Crippen MR) is 129 cm³/mol. The molecule has 14 heteroatoms. The zero-order valence-corrected chi connectivity index (χ0v) is 21.0. The van der Waals surface area contributed by atoms with E-state index in [1.54, 1.807) is 37.3 Å². The molecule has 38 heavy (non-hydrogen) atoms. The molecule has 0 fully saturated rings. The van der Waals surface area contributed by atoms with Gasteiger partial charge in [-0.2, -0.15) is 18.4 Å². The molecule has 0 aliphatic carbocycles. The Balaban J connectivity index is 2.30. The molecular formula is C24H20F4N4O5S. The average Bonchev–Trinajstić information content (AvgIpc) is 2.83. The normalized spacial score (nSPS) is 11.7. The minimum Gasteiger partial charge on any atom is -0.292 e. The summed E-state index contributed by atoms with van der Waals surface area (Å²) in [5.41, 5.74) is -5.70. The number of hydrogen-bond donors (Lipinski definition) is 0.